The Morgan fingerprint density at radius 2 is 2.05 bits per heavy atom. The number of rotatable bonds is 4. The summed E-state index contributed by atoms with van der Waals surface area (Å²) in [5.41, 5.74) is 1.93. The lowest BCUT2D eigenvalue weighted by atomic mass is 10.1. The zero-order valence-electron chi connectivity index (χ0n) is 10.8. The minimum Gasteiger partial charge on any atom is -0.302 e. The third kappa shape index (κ3) is 4.14. The van der Waals surface area contributed by atoms with Gasteiger partial charge < -0.3 is 5.32 Å². The van der Waals surface area contributed by atoms with Crippen molar-refractivity contribution in [3.63, 3.8) is 0 Å². The monoisotopic (exact) mass is 338 g/mol. The van der Waals surface area contributed by atoms with Crippen LogP contribution in [0.15, 0.2) is 34.1 Å². The average molecular weight is 339 g/mol. The molecule has 0 spiro atoms. The summed E-state index contributed by atoms with van der Waals surface area (Å²) in [6.07, 6.45) is 0.521. The van der Waals surface area contributed by atoms with Gasteiger partial charge in [-0.25, -0.2) is 4.98 Å². The summed E-state index contributed by atoms with van der Waals surface area (Å²) in [7, 11) is 0. The van der Waals surface area contributed by atoms with E-state index in [0.29, 0.717) is 17.5 Å². The van der Waals surface area contributed by atoms with Gasteiger partial charge in [0.1, 0.15) is 0 Å². The summed E-state index contributed by atoms with van der Waals surface area (Å²) < 4.78 is 1.04. The number of hydrogen-bond acceptors (Lipinski definition) is 3. The predicted molar refractivity (Wildman–Crippen MR) is 83.3 cm³/mol. The number of aromatic nitrogens is 1. The third-order valence-electron chi connectivity index (χ3n) is 2.48. The number of carbonyl (C=O) groups is 1. The molecule has 1 amide bonds. The molecule has 0 aliphatic carbocycles. The Hall–Kier alpha value is -1.20. The highest BCUT2D eigenvalue weighted by Crippen LogP contribution is 2.26. The molecule has 0 radical (unpaired) electrons. The average Bonchev–Trinajstić information content (AvgIpc) is 2.77. The molecule has 0 atom stereocenters. The number of nitrogens with zero attached hydrogens (tertiary/aromatic N) is 1. The molecule has 2 aromatic rings. The fourth-order valence-corrected chi connectivity index (χ4v) is 2.63. The zero-order chi connectivity index (χ0) is 13.8. The predicted octanol–water partition coefficient (Wildman–Crippen LogP) is 4.56. The number of halogens is 1. The van der Waals surface area contributed by atoms with Gasteiger partial charge in [-0.3, -0.25) is 4.79 Å². The number of thiazole rings is 1. The molecule has 0 bridgehead atoms. The van der Waals surface area contributed by atoms with Crippen LogP contribution in [0.5, 0.6) is 0 Å². The number of anilines is 1. The molecule has 100 valence electrons. The van der Waals surface area contributed by atoms with E-state index < -0.39 is 0 Å². The van der Waals surface area contributed by atoms with Crippen LogP contribution in [0.4, 0.5) is 5.13 Å². The Kier molecular flexibility index (Phi) is 4.71. The van der Waals surface area contributed by atoms with Gasteiger partial charge in [0.2, 0.25) is 5.91 Å². The molecule has 5 heteroatoms. The van der Waals surface area contributed by atoms with Crippen LogP contribution in [-0.4, -0.2) is 10.9 Å². The lowest BCUT2D eigenvalue weighted by molar-refractivity contribution is -0.116. The van der Waals surface area contributed by atoms with Crippen molar-refractivity contribution in [1.29, 1.82) is 0 Å². The first-order valence-corrected chi connectivity index (χ1v) is 7.73. The van der Waals surface area contributed by atoms with Crippen molar-refractivity contribution in [2.24, 2.45) is 5.92 Å². The highest BCUT2D eigenvalue weighted by Gasteiger charge is 2.09. The van der Waals surface area contributed by atoms with E-state index in [1.54, 1.807) is 0 Å². The van der Waals surface area contributed by atoms with Crippen molar-refractivity contribution in [2.75, 3.05) is 5.32 Å². The van der Waals surface area contributed by atoms with Gasteiger partial charge in [0.05, 0.1) is 5.69 Å². The van der Waals surface area contributed by atoms with E-state index in [2.05, 4.69) is 26.2 Å². The second kappa shape index (κ2) is 6.30. The number of benzene rings is 1. The van der Waals surface area contributed by atoms with Crippen LogP contribution in [-0.2, 0) is 4.79 Å². The molecule has 19 heavy (non-hydrogen) atoms. The van der Waals surface area contributed by atoms with Gasteiger partial charge in [-0.1, -0.05) is 41.9 Å². The molecule has 0 saturated heterocycles. The number of nitrogens with one attached hydrogen (secondary N) is 1. The smallest absolute Gasteiger partial charge is 0.226 e. The van der Waals surface area contributed by atoms with Crippen molar-refractivity contribution in [3.8, 4) is 11.3 Å². The summed E-state index contributed by atoms with van der Waals surface area (Å²) in [5, 5.41) is 5.44. The molecule has 0 unspecified atom stereocenters. The minimum atomic E-state index is 0.0201. The molecule has 0 aliphatic heterocycles. The van der Waals surface area contributed by atoms with E-state index in [-0.39, 0.29) is 5.91 Å². The van der Waals surface area contributed by atoms with E-state index in [9.17, 15) is 4.79 Å². The second-order valence-corrected chi connectivity index (χ2v) is 6.46. The SMILES string of the molecule is CC(C)CC(=O)Nc1nc(-c2ccc(Br)cc2)cs1. The summed E-state index contributed by atoms with van der Waals surface area (Å²) >= 11 is 4.85. The Morgan fingerprint density at radius 1 is 1.37 bits per heavy atom. The lowest BCUT2D eigenvalue weighted by Crippen LogP contribution is -2.13. The number of hydrogen-bond donors (Lipinski definition) is 1. The molecule has 1 aromatic heterocycles. The van der Waals surface area contributed by atoms with Gasteiger partial charge in [-0.15, -0.1) is 11.3 Å². The van der Waals surface area contributed by atoms with E-state index in [4.69, 9.17) is 0 Å². The van der Waals surface area contributed by atoms with Crippen molar-refractivity contribution < 1.29 is 4.79 Å². The van der Waals surface area contributed by atoms with Crippen LogP contribution in [0.25, 0.3) is 11.3 Å². The molecule has 0 saturated carbocycles. The lowest BCUT2D eigenvalue weighted by Gasteiger charge is -2.03. The largest absolute Gasteiger partial charge is 0.302 e. The third-order valence-corrected chi connectivity index (χ3v) is 3.77. The fraction of sp³-hybridized carbons (Fsp3) is 0.286. The van der Waals surface area contributed by atoms with Gasteiger partial charge in [-0.05, 0) is 18.1 Å². The van der Waals surface area contributed by atoms with Gasteiger partial charge in [0.15, 0.2) is 5.13 Å². The van der Waals surface area contributed by atoms with Gasteiger partial charge >= 0.3 is 0 Å². The molecule has 3 nitrogen and oxygen atoms in total. The maximum Gasteiger partial charge on any atom is 0.226 e. The first-order chi connectivity index (χ1) is 9.04. The Bertz CT molecular complexity index is 563. The topological polar surface area (TPSA) is 42.0 Å². The van der Waals surface area contributed by atoms with Gasteiger partial charge in [0, 0.05) is 21.8 Å². The van der Waals surface area contributed by atoms with Crippen molar-refractivity contribution >= 4 is 38.3 Å². The van der Waals surface area contributed by atoms with E-state index in [1.165, 1.54) is 11.3 Å². The van der Waals surface area contributed by atoms with Crippen LogP contribution in [0.2, 0.25) is 0 Å². The molecule has 1 aromatic carbocycles. The standard InChI is InChI=1S/C14H15BrN2OS/c1-9(2)7-13(18)17-14-16-12(8-19-14)10-3-5-11(15)6-4-10/h3-6,8-9H,7H2,1-2H3,(H,16,17,18). The number of amides is 1. The highest BCUT2D eigenvalue weighted by molar-refractivity contribution is 9.10. The Balaban J connectivity index is 2.07. The quantitative estimate of drug-likeness (QED) is 0.887. The van der Waals surface area contributed by atoms with Crippen molar-refractivity contribution in [3.05, 3.63) is 34.1 Å². The summed E-state index contributed by atoms with van der Waals surface area (Å²) in [6, 6.07) is 7.95. The summed E-state index contributed by atoms with van der Waals surface area (Å²) in [4.78, 5) is 16.1. The highest BCUT2D eigenvalue weighted by atomic mass is 79.9. The van der Waals surface area contributed by atoms with E-state index in [1.807, 2.05) is 43.5 Å². The first kappa shape index (κ1) is 14.2. The van der Waals surface area contributed by atoms with Crippen LogP contribution in [0.1, 0.15) is 20.3 Å². The fourth-order valence-electron chi connectivity index (χ4n) is 1.63. The molecule has 0 aliphatic rings. The zero-order valence-corrected chi connectivity index (χ0v) is 13.2. The second-order valence-electron chi connectivity index (χ2n) is 4.69. The van der Waals surface area contributed by atoms with Crippen LogP contribution < -0.4 is 5.32 Å². The number of carbonyl (C=O) groups excluding carboxylic acids is 1. The van der Waals surface area contributed by atoms with Gasteiger partial charge in [-0.2, -0.15) is 0 Å². The molecular formula is C14H15BrN2OS. The Morgan fingerprint density at radius 3 is 2.68 bits per heavy atom. The normalized spacial score (nSPS) is 10.7. The van der Waals surface area contributed by atoms with Crippen LogP contribution >= 0.6 is 27.3 Å². The van der Waals surface area contributed by atoms with Crippen molar-refractivity contribution in [2.45, 2.75) is 20.3 Å². The first-order valence-electron chi connectivity index (χ1n) is 6.06. The van der Waals surface area contributed by atoms with E-state index >= 15 is 0 Å². The van der Waals surface area contributed by atoms with Crippen LogP contribution in [0.3, 0.4) is 0 Å². The summed E-state index contributed by atoms with van der Waals surface area (Å²) in [5.74, 6) is 0.373. The maximum absolute atomic E-state index is 11.7. The summed E-state index contributed by atoms with van der Waals surface area (Å²) in [6.45, 7) is 4.05. The maximum atomic E-state index is 11.7. The molecular weight excluding hydrogens is 324 g/mol. The molecule has 0 fully saturated rings. The Labute approximate surface area is 125 Å². The molecule has 2 rings (SSSR count). The van der Waals surface area contributed by atoms with E-state index in [0.717, 1.165) is 15.7 Å². The molecule has 1 heterocycles. The minimum absolute atomic E-state index is 0.0201. The van der Waals surface area contributed by atoms with Crippen molar-refractivity contribution in [1.82, 2.24) is 4.98 Å². The molecule has 1 N–H and O–H groups in total. The van der Waals surface area contributed by atoms with Gasteiger partial charge in [0.25, 0.3) is 0 Å². The van der Waals surface area contributed by atoms with Crippen LogP contribution in [0, 0.1) is 5.92 Å².